The fourth-order valence-electron chi connectivity index (χ4n) is 1.83. The zero-order chi connectivity index (χ0) is 16.7. The van der Waals surface area contributed by atoms with Gasteiger partial charge >= 0.3 is 5.97 Å². The number of hydrogen-bond donors (Lipinski definition) is 2. The second-order valence-electron chi connectivity index (χ2n) is 5.41. The van der Waals surface area contributed by atoms with Gasteiger partial charge in [-0.15, -0.1) is 11.8 Å². The molecule has 1 aliphatic carbocycles. The fourth-order valence-corrected chi connectivity index (χ4v) is 2.44. The van der Waals surface area contributed by atoms with Crippen molar-refractivity contribution < 1.29 is 19.1 Å². The molecular weight excluding hydrogens is 316 g/mol. The molecule has 124 valence electrons. The van der Waals surface area contributed by atoms with Crippen LogP contribution < -0.4 is 10.6 Å². The Morgan fingerprint density at radius 1 is 1.22 bits per heavy atom. The summed E-state index contributed by atoms with van der Waals surface area (Å²) in [6.07, 6.45) is 1.98. The Morgan fingerprint density at radius 3 is 2.70 bits per heavy atom. The van der Waals surface area contributed by atoms with E-state index in [-0.39, 0.29) is 36.0 Å². The molecule has 1 saturated carbocycles. The van der Waals surface area contributed by atoms with E-state index in [2.05, 4.69) is 10.6 Å². The molecule has 7 heteroatoms. The van der Waals surface area contributed by atoms with Crippen LogP contribution in [-0.4, -0.2) is 41.9 Å². The van der Waals surface area contributed by atoms with Crippen molar-refractivity contribution in [3.63, 3.8) is 0 Å². The van der Waals surface area contributed by atoms with Gasteiger partial charge in [-0.3, -0.25) is 14.4 Å². The van der Waals surface area contributed by atoms with Gasteiger partial charge in [0.25, 0.3) is 5.91 Å². The predicted molar refractivity (Wildman–Crippen MR) is 89.3 cm³/mol. The number of aryl methyl sites for hydroxylation is 1. The van der Waals surface area contributed by atoms with Crippen LogP contribution in [0.1, 0.15) is 18.4 Å². The van der Waals surface area contributed by atoms with Crippen molar-refractivity contribution >= 4 is 35.2 Å². The lowest BCUT2D eigenvalue weighted by molar-refractivity contribution is -0.145. The quantitative estimate of drug-likeness (QED) is 0.703. The first-order chi connectivity index (χ1) is 11.0. The lowest BCUT2D eigenvalue weighted by Gasteiger charge is -2.07. The summed E-state index contributed by atoms with van der Waals surface area (Å²) in [5, 5.41) is 5.49. The van der Waals surface area contributed by atoms with Gasteiger partial charge in [-0.25, -0.2) is 0 Å². The van der Waals surface area contributed by atoms with E-state index < -0.39 is 5.97 Å². The average molecular weight is 336 g/mol. The van der Waals surface area contributed by atoms with Crippen molar-refractivity contribution in [3.05, 3.63) is 29.8 Å². The Kier molecular flexibility index (Phi) is 6.46. The van der Waals surface area contributed by atoms with Crippen LogP contribution in [0, 0.1) is 6.92 Å². The van der Waals surface area contributed by atoms with Gasteiger partial charge in [0.1, 0.15) is 0 Å². The minimum Gasteiger partial charge on any atom is -0.455 e. The maximum Gasteiger partial charge on any atom is 0.316 e. The number of ether oxygens (including phenoxy) is 1. The maximum absolute atomic E-state index is 11.8. The van der Waals surface area contributed by atoms with Crippen LogP contribution in [0.15, 0.2) is 24.3 Å². The van der Waals surface area contributed by atoms with Gasteiger partial charge in [0.2, 0.25) is 5.91 Å². The lowest BCUT2D eigenvalue weighted by atomic mass is 10.2. The first-order valence-electron chi connectivity index (χ1n) is 7.42. The molecule has 0 radical (unpaired) electrons. The molecular formula is C16H20N2O4S. The Labute approximate surface area is 139 Å². The van der Waals surface area contributed by atoms with Gasteiger partial charge in [-0.1, -0.05) is 12.1 Å². The third-order valence-corrected chi connectivity index (χ3v) is 3.97. The molecule has 0 bridgehead atoms. The Balaban J connectivity index is 1.57. The average Bonchev–Trinajstić information content (AvgIpc) is 3.29. The number of hydrogen-bond acceptors (Lipinski definition) is 5. The molecule has 2 N–H and O–H groups in total. The van der Waals surface area contributed by atoms with Gasteiger partial charge in [0.15, 0.2) is 6.61 Å². The van der Waals surface area contributed by atoms with Crippen molar-refractivity contribution in [3.8, 4) is 0 Å². The lowest BCUT2D eigenvalue weighted by Crippen LogP contribution is -2.30. The van der Waals surface area contributed by atoms with E-state index in [0.29, 0.717) is 0 Å². The van der Waals surface area contributed by atoms with Crippen LogP contribution in [0.25, 0.3) is 0 Å². The molecule has 0 spiro atoms. The number of thioether (sulfide) groups is 1. The highest BCUT2D eigenvalue weighted by Crippen LogP contribution is 2.18. The molecule has 1 aromatic carbocycles. The van der Waals surface area contributed by atoms with Crippen LogP contribution in [-0.2, 0) is 19.1 Å². The van der Waals surface area contributed by atoms with Gasteiger partial charge in [-0.2, -0.15) is 0 Å². The topological polar surface area (TPSA) is 84.5 Å². The number of rotatable bonds is 8. The molecule has 0 aromatic heterocycles. The monoisotopic (exact) mass is 336 g/mol. The van der Waals surface area contributed by atoms with Gasteiger partial charge in [0, 0.05) is 11.7 Å². The second kappa shape index (κ2) is 8.57. The summed E-state index contributed by atoms with van der Waals surface area (Å²) in [6, 6.07) is 7.74. The van der Waals surface area contributed by atoms with Crippen LogP contribution in [0.3, 0.4) is 0 Å². The van der Waals surface area contributed by atoms with E-state index >= 15 is 0 Å². The summed E-state index contributed by atoms with van der Waals surface area (Å²) in [4.78, 5) is 34.6. The molecule has 1 aromatic rings. The third-order valence-electron chi connectivity index (χ3n) is 3.06. The number of esters is 1. The molecule has 0 aliphatic heterocycles. The first kappa shape index (κ1) is 17.3. The Bertz CT molecular complexity index is 587. The molecule has 1 fully saturated rings. The number of amides is 2. The van der Waals surface area contributed by atoms with Crippen LogP contribution in [0.4, 0.5) is 5.69 Å². The number of nitrogens with one attached hydrogen (secondary N) is 2. The largest absolute Gasteiger partial charge is 0.455 e. The third kappa shape index (κ3) is 7.19. The highest BCUT2D eigenvalue weighted by atomic mass is 32.2. The van der Waals surface area contributed by atoms with Gasteiger partial charge in [0.05, 0.1) is 11.5 Å². The molecule has 6 nitrogen and oxygen atoms in total. The standard InChI is InChI=1S/C16H20N2O4S/c1-11-3-2-4-13(7-11)18-15(20)9-23-10-16(21)22-8-14(19)17-12-5-6-12/h2-4,7,12H,5-6,8-10H2,1H3,(H,17,19)(H,18,20). The molecule has 2 amide bonds. The smallest absolute Gasteiger partial charge is 0.316 e. The zero-order valence-electron chi connectivity index (χ0n) is 13.0. The molecule has 23 heavy (non-hydrogen) atoms. The molecule has 1 aliphatic rings. The minimum atomic E-state index is -0.496. The van der Waals surface area contributed by atoms with Crippen LogP contribution in [0.2, 0.25) is 0 Å². The molecule has 0 saturated heterocycles. The minimum absolute atomic E-state index is 0.0396. The number of carbonyl (C=O) groups excluding carboxylic acids is 3. The zero-order valence-corrected chi connectivity index (χ0v) is 13.8. The van der Waals surface area contributed by atoms with Crippen LogP contribution in [0.5, 0.6) is 0 Å². The molecule has 2 rings (SSSR count). The Morgan fingerprint density at radius 2 is 2.00 bits per heavy atom. The summed E-state index contributed by atoms with van der Waals surface area (Å²) in [6.45, 7) is 1.69. The molecule has 0 atom stereocenters. The van der Waals surface area contributed by atoms with Crippen molar-refractivity contribution in [2.45, 2.75) is 25.8 Å². The normalized spacial score (nSPS) is 13.3. The van der Waals surface area contributed by atoms with Gasteiger partial charge < -0.3 is 15.4 Å². The van der Waals surface area contributed by atoms with Crippen LogP contribution >= 0.6 is 11.8 Å². The predicted octanol–water partition coefficient (Wildman–Crippen LogP) is 1.49. The summed E-state index contributed by atoms with van der Waals surface area (Å²) < 4.78 is 4.84. The number of carbonyl (C=O) groups is 3. The van der Waals surface area contributed by atoms with E-state index in [1.807, 2.05) is 31.2 Å². The second-order valence-corrected chi connectivity index (χ2v) is 6.40. The van der Waals surface area contributed by atoms with Gasteiger partial charge in [-0.05, 0) is 37.5 Å². The summed E-state index contributed by atoms with van der Waals surface area (Å²) in [5.41, 5.74) is 1.79. The van der Waals surface area contributed by atoms with Crippen molar-refractivity contribution in [2.75, 3.05) is 23.4 Å². The van der Waals surface area contributed by atoms with Crippen molar-refractivity contribution in [2.24, 2.45) is 0 Å². The SMILES string of the molecule is Cc1cccc(NC(=O)CSCC(=O)OCC(=O)NC2CC2)c1. The first-order valence-corrected chi connectivity index (χ1v) is 8.57. The van der Waals surface area contributed by atoms with Crippen molar-refractivity contribution in [1.82, 2.24) is 5.32 Å². The molecule has 0 heterocycles. The van der Waals surface area contributed by atoms with E-state index in [1.54, 1.807) is 0 Å². The van der Waals surface area contributed by atoms with E-state index in [0.717, 1.165) is 35.9 Å². The highest BCUT2D eigenvalue weighted by molar-refractivity contribution is 8.00. The molecule has 0 unspecified atom stereocenters. The summed E-state index contributed by atoms with van der Waals surface area (Å²) in [7, 11) is 0. The van der Waals surface area contributed by atoms with E-state index in [9.17, 15) is 14.4 Å². The van der Waals surface area contributed by atoms with E-state index in [4.69, 9.17) is 4.74 Å². The fraction of sp³-hybridized carbons (Fsp3) is 0.438. The Hall–Kier alpha value is -2.02. The van der Waals surface area contributed by atoms with E-state index in [1.165, 1.54) is 0 Å². The summed E-state index contributed by atoms with van der Waals surface area (Å²) in [5.74, 6) is -0.762. The number of benzene rings is 1. The summed E-state index contributed by atoms with van der Waals surface area (Å²) >= 11 is 1.15. The maximum atomic E-state index is 11.8. The number of anilines is 1. The highest BCUT2D eigenvalue weighted by Gasteiger charge is 2.23. The van der Waals surface area contributed by atoms with Crippen molar-refractivity contribution in [1.29, 1.82) is 0 Å².